The minimum Gasteiger partial charge on any atom is -0.618 e. The summed E-state index contributed by atoms with van der Waals surface area (Å²) in [5.41, 5.74) is 0.556. The summed E-state index contributed by atoms with van der Waals surface area (Å²) in [6.07, 6.45) is 1.25. The maximum atomic E-state index is 14.3. The second-order valence-electron chi connectivity index (χ2n) is 5.93. The van der Waals surface area contributed by atoms with Crippen molar-refractivity contribution in [1.82, 2.24) is 4.98 Å². The van der Waals surface area contributed by atoms with Gasteiger partial charge < -0.3 is 10.2 Å². The lowest BCUT2D eigenvalue weighted by Gasteiger charge is -2.12. The highest BCUT2D eigenvalue weighted by Crippen LogP contribution is 2.34. The lowest BCUT2D eigenvalue weighted by atomic mass is 9.99. The van der Waals surface area contributed by atoms with Gasteiger partial charge in [-0.1, -0.05) is 23.7 Å². The van der Waals surface area contributed by atoms with Gasteiger partial charge in [-0.3, -0.25) is 4.79 Å². The molecule has 0 aliphatic carbocycles. The van der Waals surface area contributed by atoms with Crippen LogP contribution in [0.3, 0.4) is 0 Å². The van der Waals surface area contributed by atoms with Crippen LogP contribution in [0.1, 0.15) is 0 Å². The maximum Gasteiger partial charge on any atom is 0.249 e. The molecule has 4 aromatic rings. The lowest BCUT2D eigenvalue weighted by Crippen LogP contribution is -2.29. The summed E-state index contributed by atoms with van der Waals surface area (Å²) in [7, 11) is 0. The number of aromatic nitrogens is 2. The van der Waals surface area contributed by atoms with Gasteiger partial charge in [0, 0.05) is 29.1 Å². The van der Waals surface area contributed by atoms with E-state index in [-0.39, 0.29) is 22.3 Å². The lowest BCUT2D eigenvalue weighted by molar-refractivity contribution is -0.592. The second-order valence-corrected chi connectivity index (χ2v) is 6.34. The van der Waals surface area contributed by atoms with E-state index < -0.39 is 17.2 Å². The van der Waals surface area contributed by atoms with E-state index in [1.807, 2.05) is 0 Å². The number of hydrogen-bond donors (Lipinski definition) is 1. The van der Waals surface area contributed by atoms with Gasteiger partial charge >= 0.3 is 0 Å². The van der Waals surface area contributed by atoms with E-state index in [2.05, 4.69) is 4.98 Å². The van der Waals surface area contributed by atoms with Crippen molar-refractivity contribution < 1.29 is 13.5 Å². The van der Waals surface area contributed by atoms with E-state index in [0.29, 0.717) is 20.7 Å². The molecule has 27 heavy (non-hydrogen) atoms. The van der Waals surface area contributed by atoms with Crippen molar-refractivity contribution in [2.75, 3.05) is 0 Å². The predicted molar refractivity (Wildman–Crippen MR) is 99.3 cm³/mol. The number of fused-ring (bicyclic) bond motifs is 1. The summed E-state index contributed by atoms with van der Waals surface area (Å²) in [6, 6.07) is 12.5. The summed E-state index contributed by atoms with van der Waals surface area (Å²) in [5.74, 6) is -1.53. The van der Waals surface area contributed by atoms with Crippen molar-refractivity contribution in [2.24, 2.45) is 0 Å². The number of aromatic amines is 1. The quantitative estimate of drug-likeness (QED) is 0.410. The van der Waals surface area contributed by atoms with E-state index in [4.69, 9.17) is 11.6 Å². The van der Waals surface area contributed by atoms with Gasteiger partial charge in [0.05, 0.1) is 10.6 Å². The minimum absolute atomic E-state index is 0.0567. The Balaban J connectivity index is 2.12. The van der Waals surface area contributed by atoms with Gasteiger partial charge in [-0.05, 0) is 29.8 Å². The molecule has 2 aromatic heterocycles. The highest BCUT2D eigenvalue weighted by Gasteiger charge is 2.21. The molecule has 0 atom stereocenters. The van der Waals surface area contributed by atoms with E-state index in [0.717, 1.165) is 12.1 Å². The molecule has 2 heterocycles. The smallest absolute Gasteiger partial charge is 0.249 e. The summed E-state index contributed by atoms with van der Waals surface area (Å²) in [4.78, 5) is 14.9. The van der Waals surface area contributed by atoms with Crippen molar-refractivity contribution in [2.45, 2.75) is 0 Å². The topological polar surface area (TPSA) is 59.8 Å². The molecule has 0 unspecified atom stereocenters. The molecule has 0 spiro atoms. The fourth-order valence-electron chi connectivity index (χ4n) is 3.09. The second kappa shape index (κ2) is 6.48. The summed E-state index contributed by atoms with van der Waals surface area (Å²) >= 11 is 6.22. The van der Waals surface area contributed by atoms with Crippen LogP contribution in [0.25, 0.3) is 33.3 Å². The van der Waals surface area contributed by atoms with Crippen LogP contribution in [0.2, 0.25) is 5.02 Å². The van der Waals surface area contributed by atoms with Gasteiger partial charge in [-0.2, -0.15) is 4.73 Å². The molecule has 134 valence electrons. The van der Waals surface area contributed by atoms with Crippen molar-refractivity contribution in [3.05, 3.63) is 93.0 Å². The first-order chi connectivity index (χ1) is 13.0. The van der Waals surface area contributed by atoms with Crippen molar-refractivity contribution in [1.29, 1.82) is 0 Å². The van der Waals surface area contributed by atoms with Crippen LogP contribution in [0.4, 0.5) is 8.78 Å². The molecule has 4 nitrogen and oxygen atoms in total. The first-order valence-electron chi connectivity index (χ1n) is 7.95. The molecule has 0 aliphatic heterocycles. The zero-order chi connectivity index (χ0) is 19.1. The summed E-state index contributed by atoms with van der Waals surface area (Å²) in [6.45, 7) is 0. The molecule has 0 saturated carbocycles. The number of nitrogens with zero attached hydrogens (tertiary/aromatic N) is 1. The normalized spacial score (nSPS) is 11.1. The van der Waals surface area contributed by atoms with E-state index >= 15 is 0 Å². The number of H-pyrrole nitrogens is 1. The Hall–Kier alpha value is -3.25. The molecule has 0 fully saturated rings. The predicted octanol–water partition coefficient (Wildman–Crippen LogP) is 4.43. The van der Waals surface area contributed by atoms with Crippen molar-refractivity contribution in [3.8, 4) is 22.4 Å². The van der Waals surface area contributed by atoms with E-state index in [9.17, 15) is 18.8 Å². The number of nitrogens with one attached hydrogen (secondary N) is 1. The van der Waals surface area contributed by atoms with Crippen molar-refractivity contribution >= 4 is 22.5 Å². The average Bonchev–Trinajstić information content (AvgIpc) is 2.62. The Kier molecular flexibility index (Phi) is 4.12. The van der Waals surface area contributed by atoms with Crippen LogP contribution < -0.4 is 10.3 Å². The van der Waals surface area contributed by atoms with Gasteiger partial charge in [0.2, 0.25) is 11.3 Å². The minimum atomic E-state index is -0.806. The van der Waals surface area contributed by atoms with Crippen LogP contribution in [-0.4, -0.2) is 4.98 Å². The largest absolute Gasteiger partial charge is 0.618 e. The summed E-state index contributed by atoms with van der Waals surface area (Å²) < 4.78 is 28.2. The third-order valence-electron chi connectivity index (χ3n) is 4.27. The average molecular weight is 385 g/mol. The molecular weight excluding hydrogens is 374 g/mol. The number of hydrogen-bond acceptors (Lipinski definition) is 2. The zero-order valence-corrected chi connectivity index (χ0v) is 14.4. The fraction of sp³-hybridized carbons (Fsp3) is 0. The van der Waals surface area contributed by atoms with Crippen LogP contribution in [0, 0.1) is 16.8 Å². The van der Waals surface area contributed by atoms with E-state index in [1.165, 1.54) is 24.4 Å². The molecule has 0 saturated heterocycles. The maximum absolute atomic E-state index is 14.3. The molecule has 0 radical (unpaired) electrons. The Bertz CT molecular complexity index is 1250. The Morgan fingerprint density at radius 1 is 0.963 bits per heavy atom. The molecular formula is C20H11ClF2N2O2. The Labute approximate surface area is 156 Å². The summed E-state index contributed by atoms with van der Waals surface area (Å²) in [5, 5.41) is 13.2. The zero-order valence-electron chi connectivity index (χ0n) is 13.7. The molecule has 4 rings (SSSR count). The van der Waals surface area contributed by atoms with Gasteiger partial charge in [0.25, 0.3) is 0 Å². The van der Waals surface area contributed by atoms with E-state index in [1.54, 1.807) is 24.3 Å². The molecule has 0 bridgehead atoms. The molecule has 0 aliphatic rings. The Morgan fingerprint density at radius 2 is 1.74 bits per heavy atom. The SMILES string of the molecule is O=c1cc(-c2ccc(F)cc2F)c2cc[n+]([O-])c(-c3ccccc3Cl)c2[nH]1. The molecule has 7 heteroatoms. The number of halogens is 3. The van der Waals surface area contributed by atoms with Crippen LogP contribution >= 0.6 is 11.6 Å². The molecule has 0 amide bonds. The monoisotopic (exact) mass is 384 g/mol. The first kappa shape index (κ1) is 17.2. The number of benzene rings is 2. The van der Waals surface area contributed by atoms with Gasteiger partial charge in [-0.15, -0.1) is 0 Å². The van der Waals surface area contributed by atoms with Crippen molar-refractivity contribution in [3.63, 3.8) is 0 Å². The van der Waals surface area contributed by atoms with Gasteiger partial charge in [0.1, 0.15) is 17.2 Å². The number of rotatable bonds is 2. The van der Waals surface area contributed by atoms with Crippen LogP contribution in [-0.2, 0) is 0 Å². The van der Waals surface area contributed by atoms with Crippen LogP contribution in [0.5, 0.6) is 0 Å². The molecule has 1 N–H and O–H groups in total. The highest BCUT2D eigenvalue weighted by molar-refractivity contribution is 6.33. The number of pyridine rings is 2. The Morgan fingerprint density at radius 3 is 2.48 bits per heavy atom. The van der Waals surface area contributed by atoms with Crippen LogP contribution in [0.15, 0.2) is 65.6 Å². The fourth-order valence-corrected chi connectivity index (χ4v) is 3.32. The van der Waals surface area contributed by atoms with Gasteiger partial charge in [-0.25, -0.2) is 8.78 Å². The van der Waals surface area contributed by atoms with Gasteiger partial charge in [0.15, 0.2) is 6.20 Å². The molecule has 2 aromatic carbocycles. The third kappa shape index (κ3) is 2.94. The third-order valence-corrected chi connectivity index (χ3v) is 4.60. The first-order valence-corrected chi connectivity index (χ1v) is 8.33. The highest BCUT2D eigenvalue weighted by atomic mass is 35.5. The standard InChI is InChI=1S/C20H11ClF2N2O2/c21-16-4-2-1-3-14(16)20-19-13(7-8-25(20)27)15(10-18(26)24-19)12-6-5-11(22)9-17(12)23/h1-10H,(H,24,26).